The van der Waals surface area contributed by atoms with Crippen LogP contribution in [0.5, 0.6) is 0 Å². The maximum Gasteiger partial charge on any atom is 0.416 e. The summed E-state index contributed by atoms with van der Waals surface area (Å²) in [7, 11) is 0. The number of pyridine rings is 1. The Morgan fingerprint density at radius 2 is 1.88 bits per heavy atom. The minimum absolute atomic E-state index is 0.430. The van der Waals surface area contributed by atoms with E-state index in [0.717, 1.165) is 30.5 Å². The zero-order chi connectivity index (χ0) is 18.7. The highest BCUT2D eigenvalue weighted by Crippen LogP contribution is 2.37. The molecule has 1 N–H and O–H groups in total. The highest BCUT2D eigenvalue weighted by molar-refractivity contribution is 5.73. The molecule has 0 spiro atoms. The molecule has 1 saturated heterocycles. The fourth-order valence-electron chi connectivity index (χ4n) is 3.53. The van der Waals surface area contributed by atoms with Crippen LogP contribution >= 0.6 is 0 Å². The van der Waals surface area contributed by atoms with Gasteiger partial charge in [0.2, 0.25) is 0 Å². The Morgan fingerprint density at radius 1 is 1.15 bits per heavy atom. The molecule has 1 aromatic carbocycles. The minimum Gasteiger partial charge on any atom is -0.480 e. The number of carboxylic acids is 1. The number of halogens is 3. The summed E-state index contributed by atoms with van der Waals surface area (Å²) in [5.41, 5.74) is 0.421. The van der Waals surface area contributed by atoms with Crippen molar-refractivity contribution < 1.29 is 23.1 Å². The Hall–Kier alpha value is -2.41. The van der Waals surface area contributed by atoms with Crippen molar-refractivity contribution >= 4 is 5.97 Å². The van der Waals surface area contributed by atoms with Crippen molar-refractivity contribution in [3.63, 3.8) is 0 Å². The van der Waals surface area contributed by atoms with E-state index >= 15 is 0 Å². The van der Waals surface area contributed by atoms with Crippen molar-refractivity contribution in [3.05, 3.63) is 65.5 Å². The third-order valence-electron chi connectivity index (χ3n) is 4.71. The molecule has 2 aromatic rings. The van der Waals surface area contributed by atoms with E-state index in [2.05, 4.69) is 4.98 Å². The number of likely N-dealkylation sites (tertiary alicyclic amines) is 1. The third-order valence-corrected chi connectivity index (χ3v) is 4.71. The van der Waals surface area contributed by atoms with E-state index in [1.54, 1.807) is 35.5 Å². The highest BCUT2D eigenvalue weighted by atomic mass is 19.4. The molecule has 138 valence electrons. The number of rotatable bonds is 4. The molecule has 0 bridgehead atoms. The van der Waals surface area contributed by atoms with E-state index in [0.29, 0.717) is 18.5 Å². The Kier molecular flexibility index (Phi) is 5.27. The number of nitrogens with zero attached hydrogens (tertiary/aromatic N) is 2. The summed E-state index contributed by atoms with van der Waals surface area (Å²) in [5, 5.41) is 9.60. The summed E-state index contributed by atoms with van der Waals surface area (Å²) in [6, 6.07) is 7.27. The van der Waals surface area contributed by atoms with E-state index in [1.807, 2.05) is 0 Å². The summed E-state index contributed by atoms with van der Waals surface area (Å²) < 4.78 is 39.5. The molecule has 1 aromatic heterocycles. The number of alkyl halides is 3. The molecule has 1 aliphatic heterocycles. The molecule has 26 heavy (non-hydrogen) atoms. The standard InChI is InChI=1S/C19H19F3N2O2/c20-19(21,22)15-5-3-4-14(12-15)17(13-7-9-23-10-8-13)24-11-2-1-6-16(24)18(25)26/h3-5,7-10,12,16-17H,1-2,6,11H2,(H,25,26). The normalized spacial score (nSPS) is 19.9. The predicted octanol–water partition coefficient (Wildman–Crippen LogP) is 4.13. The van der Waals surface area contributed by atoms with Gasteiger partial charge in [-0.3, -0.25) is 14.7 Å². The first kappa shape index (κ1) is 18.4. The van der Waals surface area contributed by atoms with Crippen LogP contribution in [0.1, 0.15) is 42.0 Å². The van der Waals surface area contributed by atoms with Gasteiger partial charge in [-0.2, -0.15) is 13.2 Å². The van der Waals surface area contributed by atoms with Crippen molar-refractivity contribution in [2.45, 2.75) is 37.5 Å². The van der Waals surface area contributed by atoms with Gasteiger partial charge in [0.15, 0.2) is 0 Å². The van der Waals surface area contributed by atoms with E-state index in [1.165, 1.54) is 6.07 Å². The zero-order valence-electron chi connectivity index (χ0n) is 14.0. The summed E-state index contributed by atoms with van der Waals surface area (Å²) >= 11 is 0. The summed E-state index contributed by atoms with van der Waals surface area (Å²) in [4.78, 5) is 17.5. The van der Waals surface area contributed by atoms with Crippen molar-refractivity contribution in [3.8, 4) is 0 Å². The summed E-state index contributed by atoms with van der Waals surface area (Å²) in [6.45, 7) is 0.514. The van der Waals surface area contributed by atoms with Crippen LogP contribution in [-0.4, -0.2) is 33.5 Å². The maximum absolute atomic E-state index is 13.2. The molecule has 3 rings (SSSR count). The van der Waals surface area contributed by atoms with Gasteiger partial charge >= 0.3 is 12.1 Å². The van der Waals surface area contributed by atoms with E-state index in [9.17, 15) is 23.1 Å². The largest absolute Gasteiger partial charge is 0.480 e. The van der Waals surface area contributed by atoms with Crippen LogP contribution in [0.2, 0.25) is 0 Å². The molecule has 2 atom stereocenters. The van der Waals surface area contributed by atoms with Crippen LogP contribution in [0.3, 0.4) is 0 Å². The van der Waals surface area contributed by atoms with Crippen molar-refractivity contribution in [1.29, 1.82) is 0 Å². The molecule has 2 heterocycles. The van der Waals surface area contributed by atoms with Gasteiger partial charge in [0, 0.05) is 12.4 Å². The fraction of sp³-hybridized carbons (Fsp3) is 0.368. The predicted molar refractivity (Wildman–Crippen MR) is 89.5 cm³/mol. The Balaban J connectivity index is 2.09. The monoisotopic (exact) mass is 364 g/mol. The lowest BCUT2D eigenvalue weighted by molar-refractivity contribution is -0.145. The average Bonchev–Trinajstić information content (AvgIpc) is 2.63. The Morgan fingerprint density at radius 3 is 2.54 bits per heavy atom. The van der Waals surface area contributed by atoms with Crippen LogP contribution in [-0.2, 0) is 11.0 Å². The Bertz CT molecular complexity index is 765. The van der Waals surface area contributed by atoms with Gasteiger partial charge < -0.3 is 5.11 Å². The van der Waals surface area contributed by atoms with Gasteiger partial charge in [0.25, 0.3) is 0 Å². The van der Waals surface area contributed by atoms with Crippen LogP contribution in [0.15, 0.2) is 48.8 Å². The second-order valence-electron chi connectivity index (χ2n) is 6.39. The first-order chi connectivity index (χ1) is 12.4. The van der Waals surface area contributed by atoms with Gasteiger partial charge in [-0.1, -0.05) is 18.6 Å². The molecule has 0 amide bonds. The van der Waals surface area contributed by atoms with Gasteiger partial charge in [0.05, 0.1) is 11.6 Å². The number of aliphatic carboxylic acids is 1. The maximum atomic E-state index is 13.2. The van der Waals surface area contributed by atoms with Crippen LogP contribution in [0.4, 0.5) is 13.2 Å². The number of carbonyl (C=O) groups is 1. The van der Waals surface area contributed by atoms with Crippen LogP contribution < -0.4 is 0 Å². The SMILES string of the molecule is O=C(O)C1CCCCN1C(c1ccncc1)c1cccc(C(F)(F)F)c1. The quantitative estimate of drug-likeness (QED) is 0.886. The summed E-state index contributed by atoms with van der Waals surface area (Å²) in [5.74, 6) is -0.948. The molecule has 0 saturated carbocycles. The molecule has 1 fully saturated rings. The van der Waals surface area contributed by atoms with Gasteiger partial charge in [0.1, 0.15) is 6.04 Å². The molecule has 0 aliphatic carbocycles. The number of hydrogen-bond acceptors (Lipinski definition) is 3. The van der Waals surface area contributed by atoms with Crippen LogP contribution in [0.25, 0.3) is 0 Å². The lowest BCUT2D eigenvalue weighted by Crippen LogP contribution is -2.46. The van der Waals surface area contributed by atoms with E-state index < -0.39 is 29.8 Å². The van der Waals surface area contributed by atoms with E-state index in [4.69, 9.17) is 0 Å². The molecule has 0 radical (unpaired) electrons. The lowest BCUT2D eigenvalue weighted by Gasteiger charge is -2.39. The Labute approximate surface area is 149 Å². The van der Waals surface area contributed by atoms with E-state index in [-0.39, 0.29) is 0 Å². The van der Waals surface area contributed by atoms with Crippen LogP contribution in [0, 0.1) is 0 Å². The topological polar surface area (TPSA) is 53.4 Å². The lowest BCUT2D eigenvalue weighted by atomic mass is 9.91. The zero-order valence-corrected chi connectivity index (χ0v) is 14.0. The number of piperidine rings is 1. The molecule has 4 nitrogen and oxygen atoms in total. The number of benzene rings is 1. The number of hydrogen-bond donors (Lipinski definition) is 1. The van der Waals surface area contributed by atoms with Gasteiger partial charge in [-0.25, -0.2) is 0 Å². The van der Waals surface area contributed by atoms with Crippen molar-refractivity contribution in [2.75, 3.05) is 6.54 Å². The van der Waals surface area contributed by atoms with Gasteiger partial charge in [-0.15, -0.1) is 0 Å². The second kappa shape index (κ2) is 7.45. The molecule has 2 unspecified atom stereocenters. The molecule has 7 heteroatoms. The first-order valence-corrected chi connectivity index (χ1v) is 8.43. The molecular formula is C19H19F3N2O2. The number of aromatic nitrogens is 1. The minimum atomic E-state index is -4.45. The summed E-state index contributed by atoms with van der Waals surface area (Å²) in [6.07, 6.45) is 0.761. The number of carboxylic acid groups (broad SMARTS) is 1. The highest BCUT2D eigenvalue weighted by Gasteiger charge is 2.36. The van der Waals surface area contributed by atoms with Gasteiger partial charge in [-0.05, 0) is 54.8 Å². The average molecular weight is 364 g/mol. The molecular weight excluding hydrogens is 345 g/mol. The van der Waals surface area contributed by atoms with Crippen molar-refractivity contribution in [2.24, 2.45) is 0 Å². The smallest absolute Gasteiger partial charge is 0.416 e. The first-order valence-electron chi connectivity index (χ1n) is 8.43. The second-order valence-corrected chi connectivity index (χ2v) is 6.39. The fourth-order valence-corrected chi connectivity index (χ4v) is 3.53. The van der Waals surface area contributed by atoms with Crippen molar-refractivity contribution in [1.82, 2.24) is 9.88 Å². The third kappa shape index (κ3) is 3.88. The molecule has 1 aliphatic rings.